The molecule has 0 aliphatic heterocycles. The Morgan fingerprint density at radius 2 is 2.12 bits per heavy atom. The zero-order valence-electron chi connectivity index (χ0n) is 9.56. The highest BCUT2D eigenvalue weighted by molar-refractivity contribution is 5.51. The van der Waals surface area contributed by atoms with E-state index in [1.165, 1.54) is 7.11 Å². The van der Waals surface area contributed by atoms with Gasteiger partial charge in [0.05, 0.1) is 13.7 Å². The maximum atomic E-state index is 10.2. The van der Waals surface area contributed by atoms with Crippen molar-refractivity contribution in [3.63, 3.8) is 0 Å². The van der Waals surface area contributed by atoms with E-state index in [9.17, 15) is 4.79 Å². The van der Waals surface area contributed by atoms with Gasteiger partial charge in [0.25, 0.3) is 6.47 Å². The molecule has 0 saturated carbocycles. The van der Waals surface area contributed by atoms with Crippen LogP contribution in [0.15, 0.2) is 18.2 Å². The van der Waals surface area contributed by atoms with Crippen molar-refractivity contribution in [3.8, 4) is 11.5 Å². The van der Waals surface area contributed by atoms with Crippen LogP contribution in [0, 0.1) is 0 Å². The number of carbonyl (C=O) groups is 1. The van der Waals surface area contributed by atoms with Gasteiger partial charge in [-0.1, -0.05) is 13.0 Å². The molecule has 4 heteroatoms. The van der Waals surface area contributed by atoms with Crippen molar-refractivity contribution >= 4 is 6.47 Å². The second kappa shape index (κ2) is 6.85. The molecular weight excluding hydrogens is 208 g/mol. The van der Waals surface area contributed by atoms with Crippen LogP contribution < -0.4 is 9.47 Å². The Labute approximate surface area is 95.1 Å². The Morgan fingerprint density at radius 3 is 2.75 bits per heavy atom. The van der Waals surface area contributed by atoms with Gasteiger partial charge in [0.1, 0.15) is 0 Å². The van der Waals surface area contributed by atoms with E-state index < -0.39 is 0 Å². The number of carbonyl (C=O) groups excluding carboxylic acids is 1. The predicted octanol–water partition coefficient (Wildman–Crippen LogP) is 2.16. The highest BCUT2D eigenvalue weighted by Gasteiger charge is 2.05. The van der Waals surface area contributed by atoms with Gasteiger partial charge >= 0.3 is 0 Å². The molecule has 0 atom stereocenters. The van der Waals surface area contributed by atoms with Crippen LogP contribution in [0.2, 0.25) is 0 Å². The third-order valence-corrected chi connectivity index (χ3v) is 2.02. The van der Waals surface area contributed by atoms with Crippen molar-refractivity contribution < 1.29 is 19.0 Å². The Balaban J connectivity index is 2.70. The molecule has 88 valence electrons. The van der Waals surface area contributed by atoms with Crippen LogP contribution in [0.3, 0.4) is 0 Å². The summed E-state index contributed by atoms with van der Waals surface area (Å²) in [6.45, 7) is 3.70. The summed E-state index contributed by atoms with van der Waals surface area (Å²) in [5.41, 5.74) is 0.989. The van der Waals surface area contributed by atoms with E-state index >= 15 is 0 Å². The number of rotatable bonds is 7. The van der Waals surface area contributed by atoms with Crippen molar-refractivity contribution in [2.75, 3.05) is 13.7 Å². The molecule has 1 aromatic rings. The summed E-state index contributed by atoms with van der Waals surface area (Å²) in [7, 11) is 1.53. The quantitative estimate of drug-likeness (QED) is 0.526. The van der Waals surface area contributed by atoms with Crippen LogP contribution in [0.5, 0.6) is 11.5 Å². The van der Waals surface area contributed by atoms with Crippen LogP contribution in [-0.2, 0) is 16.1 Å². The molecule has 0 aliphatic rings. The fourth-order valence-corrected chi connectivity index (χ4v) is 1.29. The van der Waals surface area contributed by atoms with Gasteiger partial charge in [-0.05, 0) is 24.1 Å². The summed E-state index contributed by atoms with van der Waals surface area (Å²) in [5, 5.41) is 0. The first-order chi connectivity index (χ1) is 7.81. The molecule has 0 N–H and O–H groups in total. The molecule has 0 spiro atoms. The Morgan fingerprint density at radius 1 is 1.31 bits per heavy atom. The van der Waals surface area contributed by atoms with Gasteiger partial charge < -0.3 is 14.2 Å². The lowest BCUT2D eigenvalue weighted by Gasteiger charge is -2.08. The number of hydrogen-bond donors (Lipinski definition) is 0. The normalized spacial score (nSPS) is 9.88. The van der Waals surface area contributed by atoms with Crippen LogP contribution >= 0.6 is 0 Å². The zero-order chi connectivity index (χ0) is 11.8. The van der Waals surface area contributed by atoms with Crippen molar-refractivity contribution in [3.05, 3.63) is 23.8 Å². The molecule has 1 rings (SSSR count). The second-order valence-electron chi connectivity index (χ2n) is 3.25. The minimum Gasteiger partial charge on any atom is -0.493 e. The summed E-state index contributed by atoms with van der Waals surface area (Å²) in [6, 6.07) is 5.34. The maximum Gasteiger partial charge on any atom is 0.298 e. The molecular formula is C12H16O4. The topological polar surface area (TPSA) is 44.8 Å². The molecule has 0 radical (unpaired) electrons. The predicted molar refractivity (Wildman–Crippen MR) is 59.6 cm³/mol. The van der Waals surface area contributed by atoms with Crippen LogP contribution in [0.25, 0.3) is 0 Å². The Hall–Kier alpha value is -1.55. The molecule has 16 heavy (non-hydrogen) atoms. The number of benzene rings is 1. The summed E-state index contributed by atoms with van der Waals surface area (Å²) in [4.78, 5) is 10.2. The summed E-state index contributed by atoms with van der Waals surface area (Å²) >= 11 is 0. The van der Waals surface area contributed by atoms with E-state index in [4.69, 9.17) is 14.2 Å². The third kappa shape index (κ3) is 3.55. The van der Waals surface area contributed by atoms with Gasteiger partial charge in [0.2, 0.25) is 0 Å². The highest BCUT2D eigenvalue weighted by atomic mass is 16.5. The van der Waals surface area contributed by atoms with E-state index in [1.807, 2.05) is 6.07 Å². The van der Waals surface area contributed by atoms with Gasteiger partial charge in [-0.15, -0.1) is 0 Å². The van der Waals surface area contributed by atoms with Crippen LogP contribution in [-0.4, -0.2) is 20.2 Å². The van der Waals surface area contributed by atoms with Crippen molar-refractivity contribution in [1.82, 2.24) is 0 Å². The monoisotopic (exact) mass is 224 g/mol. The molecule has 0 amide bonds. The summed E-state index contributed by atoms with van der Waals surface area (Å²) < 4.78 is 15.3. The average Bonchev–Trinajstić information content (AvgIpc) is 2.31. The molecule has 0 saturated heterocycles. The lowest BCUT2D eigenvalue weighted by Crippen LogP contribution is -1.97. The third-order valence-electron chi connectivity index (χ3n) is 2.02. The van der Waals surface area contributed by atoms with E-state index in [0.717, 1.165) is 18.6 Å². The Kier molecular flexibility index (Phi) is 5.36. The van der Waals surface area contributed by atoms with Crippen molar-refractivity contribution in [1.29, 1.82) is 0 Å². The standard InChI is InChI=1S/C12H16O4/c1-3-6-15-8-10-4-5-11(16-9-13)12(7-10)14-2/h4-5,7,9H,3,6,8H2,1-2H3. The molecule has 0 bridgehead atoms. The van der Waals surface area contributed by atoms with Crippen molar-refractivity contribution in [2.24, 2.45) is 0 Å². The zero-order valence-corrected chi connectivity index (χ0v) is 9.56. The molecule has 1 aromatic carbocycles. The van der Waals surface area contributed by atoms with E-state index in [0.29, 0.717) is 24.6 Å². The SMILES string of the molecule is CCCOCc1ccc(OC=O)c(OC)c1. The first kappa shape index (κ1) is 12.5. The van der Waals surface area contributed by atoms with Crippen LogP contribution in [0.4, 0.5) is 0 Å². The number of methoxy groups -OCH3 is 1. The number of ether oxygens (including phenoxy) is 3. The molecule has 0 heterocycles. The Bertz CT molecular complexity index is 336. The maximum absolute atomic E-state index is 10.2. The molecule has 0 unspecified atom stereocenters. The van der Waals surface area contributed by atoms with E-state index in [1.54, 1.807) is 12.1 Å². The first-order valence-corrected chi connectivity index (χ1v) is 5.16. The lowest BCUT2D eigenvalue weighted by molar-refractivity contribution is -0.120. The first-order valence-electron chi connectivity index (χ1n) is 5.16. The molecule has 4 nitrogen and oxygen atoms in total. The fraction of sp³-hybridized carbons (Fsp3) is 0.417. The van der Waals surface area contributed by atoms with E-state index in [-0.39, 0.29) is 0 Å². The molecule has 0 aromatic heterocycles. The minimum absolute atomic E-state index is 0.380. The largest absolute Gasteiger partial charge is 0.493 e. The van der Waals surface area contributed by atoms with Gasteiger partial charge in [-0.3, -0.25) is 4.79 Å². The van der Waals surface area contributed by atoms with Gasteiger partial charge in [0, 0.05) is 6.61 Å². The lowest BCUT2D eigenvalue weighted by atomic mass is 10.2. The van der Waals surface area contributed by atoms with E-state index in [2.05, 4.69) is 6.92 Å². The minimum atomic E-state index is 0.380. The summed E-state index contributed by atoms with van der Waals surface area (Å²) in [5.74, 6) is 0.946. The smallest absolute Gasteiger partial charge is 0.298 e. The fourth-order valence-electron chi connectivity index (χ4n) is 1.29. The van der Waals surface area contributed by atoms with Crippen molar-refractivity contribution in [2.45, 2.75) is 20.0 Å². The molecule has 0 fully saturated rings. The van der Waals surface area contributed by atoms with Gasteiger partial charge in [-0.2, -0.15) is 0 Å². The summed E-state index contributed by atoms with van der Waals surface area (Å²) in [6.07, 6.45) is 0.990. The van der Waals surface area contributed by atoms with Crippen LogP contribution in [0.1, 0.15) is 18.9 Å². The molecule has 0 aliphatic carbocycles. The highest BCUT2D eigenvalue weighted by Crippen LogP contribution is 2.27. The average molecular weight is 224 g/mol. The number of hydrogen-bond acceptors (Lipinski definition) is 4. The van der Waals surface area contributed by atoms with Gasteiger partial charge in [-0.25, -0.2) is 0 Å². The van der Waals surface area contributed by atoms with Gasteiger partial charge in [0.15, 0.2) is 11.5 Å². The second-order valence-corrected chi connectivity index (χ2v) is 3.25.